The van der Waals surface area contributed by atoms with Gasteiger partial charge in [-0.05, 0) is 37.6 Å². The normalized spacial score (nSPS) is 13.2. The number of hydrogen-bond donors (Lipinski definition) is 3. The van der Waals surface area contributed by atoms with Gasteiger partial charge in [-0.3, -0.25) is 9.10 Å². The highest BCUT2D eigenvalue weighted by Gasteiger charge is 2.35. The molecule has 196 valence electrons. The number of aromatic nitrogens is 2. The lowest BCUT2D eigenvalue weighted by molar-refractivity contribution is -0.137. The van der Waals surface area contributed by atoms with E-state index in [9.17, 15) is 26.4 Å². The van der Waals surface area contributed by atoms with Crippen LogP contribution in [0.2, 0.25) is 0 Å². The van der Waals surface area contributed by atoms with Crippen molar-refractivity contribution in [2.45, 2.75) is 33.0 Å². The summed E-state index contributed by atoms with van der Waals surface area (Å²) in [4.78, 5) is 19.7. The monoisotopic (exact) mass is 534 g/mol. The summed E-state index contributed by atoms with van der Waals surface area (Å²) in [7, 11) is -3.59. The number of hydrogen-bond acceptors (Lipinski definition) is 7. The Labute approximate surface area is 212 Å². The number of carbonyl (C=O) groups is 1. The fraction of sp³-hybridized carbons (Fsp3) is 0.292. The molecular weight excluding hydrogens is 509 g/mol. The molecule has 0 fully saturated rings. The van der Waals surface area contributed by atoms with E-state index in [1.807, 2.05) is 0 Å². The molecule has 13 heteroatoms. The quantitative estimate of drug-likeness (QED) is 0.370. The third-order valence-electron chi connectivity index (χ3n) is 5.82. The van der Waals surface area contributed by atoms with Crippen LogP contribution in [0.3, 0.4) is 0 Å². The summed E-state index contributed by atoms with van der Waals surface area (Å²) in [6, 6.07) is 11.7. The second kappa shape index (κ2) is 10.2. The predicted octanol–water partition coefficient (Wildman–Crippen LogP) is 4.52. The Balaban J connectivity index is 1.65. The summed E-state index contributed by atoms with van der Waals surface area (Å²) in [5.41, 5.74) is 1.55. The average molecular weight is 535 g/mol. The minimum absolute atomic E-state index is 0.0970. The lowest BCUT2D eigenvalue weighted by Crippen LogP contribution is -2.33. The van der Waals surface area contributed by atoms with E-state index in [-0.39, 0.29) is 37.1 Å². The van der Waals surface area contributed by atoms with Crippen molar-refractivity contribution in [2.24, 2.45) is 0 Å². The summed E-state index contributed by atoms with van der Waals surface area (Å²) in [6.45, 7) is 3.26. The van der Waals surface area contributed by atoms with Gasteiger partial charge in [-0.2, -0.15) is 18.2 Å². The Morgan fingerprint density at radius 2 is 1.86 bits per heavy atom. The van der Waals surface area contributed by atoms with Crippen molar-refractivity contribution < 1.29 is 26.4 Å². The average Bonchev–Trinajstić information content (AvgIpc) is 3.24. The van der Waals surface area contributed by atoms with E-state index in [1.165, 1.54) is 11.2 Å². The minimum atomic E-state index is -4.73. The van der Waals surface area contributed by atoms with Crippen LogP contribution in [0.25, 0.3) is 0 Å². The van der Waals surface area contributed by atoms with E-state index in [2.05, 4.69) is 25.9 Å². The molecule has 0 spiro atoms. The van der Waals surface area contributed by atoms with E-state index in [0.29, 0.717) is 34.4 Å². The maximum absolute atomic E-state index is 13.7. The second-order valence-electron chi connectivity index (χ2n) is 8.18. The molecule has 0 bridgehead atoms. The molecule has 0 atom stereocenters. The van der Waals surface area contributed by atoms with Gasteiger partial charge < -0.3 is 16.0 Å². The van der Waals surface area contributed by atoms with Gasteiger partial charge in [0.2, 0.25) is 21.9 Å². The van der Waals surface area contributed by atoms with Crippen LogP contribution in [-0.4, -0.2) is 36.6 Å². The second-order valence-corrected chi connectivity index (χ2v) is 10.4. The number of fused-ring (bicyclic) bond motifs is 1. The molecule has 4 rings (SSSR count). The van der Waals surface area contributed by atoms with Gasteiger partial charge in [0.25, 0.3) is 0 Å². The summed E-state index contributed by atoms with van der Waals surface area (Å²) < 4.78 is 67.6. The first kappa shape index (κ1) is 26.2. The van der Waals surface area contributed by atoms with E-state index in [1.54, 1.807) is 49.4 Å². The molecule has 2 heterocycles. The van der Waals surface area contributed by atoms with Gasteiger partial charge in [-0.25, -0.2) is 13.4 Å². The number of sulfonamides is 1. The van der Waals surface area contributed by atoms with E-state index < -0.39 is 27.6 Å². The third-order valence-corrected chi connectivity index (χ3v) is 7.68. The number of halogens is 3. The lowest BCUT2D eigenvalue weighted by Gasteiger charge is -2.25. The topological polar surface area (TPSA) is 116 Å². The third kappa shape index (κ3) is 5.61. The van der Waals surface area contributed by atoms with Crippen molar-refractivity contribution in [1.29, 1.82) is 0 Å². The molecule has 2 aromatic carbocycles. The maximum Gasteiger partial charge on any atom is 0.421 e. The molecule has 1 aliphatic heterocycles. The van der Waals surface area contributed by atoms with Crippen LogP contribution in [0.4, 0.5) is 42.0 Å². The van der Waals surface area contributed by atoms with Gasteiger partial charge in [0, 0.05) is 36.2 Å². The smallest absolute Gasteiger partial charge is 0.365 e. The van der Waals surface area contributed by atoms with Crippen LogP contribution in [0.1, 0.15) is 30.5 Å². The number of nitrogens with zero attached hydrogens (tertiary/aromatic N) is 3. The van der Waals surface area contributed by atoms with Gasteiger partial charge in [0.1, 0.15) is 11.4 Å². The van der Waals surface area contributed by atoms with Gasteiger partial charge >= 0.3 is 6.18 Å². The number of rotatable bonds is 9. The number of carbonyl (C=O) groups excluding carboxylic acids is 1. The summed E-state index contributed by atoms with van der Waals surface area (Å²) in [5, 5.41) is 8.32. The standard InChI is InChI=1S/C24H25F3N6O3S/c1-3-33(37(35,36)4-2)20-11-6-5-8-15(20)13-28-22-17(24(25,26)27)14-29-23(32-22)31-19-10-7-9-18-16(19)12-21(34)30-18/h5-11,14H,3-4,12-13H2,1-2H3,(H,30,34)(H2,28,29,31,32). The minimum Gasteiger partial charge on any atom is -0.365 e. The summed E-state index contributed by atoms with van der Waals surface area (Å²) in [6.07, 6.45) is -3.93. The zero-order valence-corrected chi connectivity index (χ0v) is 20.9. The Bertz CT molecular complexity index is 1430. The highest BCUT2D eigenvalue weighted by atomic mass is 32.2. The Morgan fingerprint density at radius 3 is 2.57 bits per heavy atom. The maximum atomic E-state index is 13.7. The van der Waals surface area contributed by atoms with Crippen LogP contribution < -0.4 is 20.3 Å². The first-order valence-electron chi connectivity index (χ1n) is 11.5. The van der Waals surface area contributed by atoms with Crippen LogP contribution in [0.5, 0.6) is 0 Å². The SMILES string of the molecule is CCN(c1ccccc1CNc1nc(Nc2cccc3c2CC(=O)N3)ncc1C(F)(F)F)S(=O)(=O)CC. The van der Waals surface area contributed by atoms with E-state index in [0.717, 1.165) is 0 Å². The molecule has 1 aliphatic rings. The molecule has 0 saturated heterocycles. The molecule has 3 N–H and O–H groups in total. The zero-order valence-electron chi connectivity index (χ0n) is 20.1. The lowest BCUT2D eigenvalue weighted by atomic mass is 10.1. The molecule has 1 amide bonds. The van der Waals surface area contributed by atoms with Gasteiger partial charge in [-0.15, -0.1) is 0 Å². The van der Waals surface area contributed by atoms with Crippen molar-refractivity contribution in [2.75, 3.05) is 32.6 Å². The summed E-state index contributed by atoms with van der Waals surface area (Å²) in [5.74, 6) is -0.875. The van der Waals surface area contributed by atoms with Crippen LogP contribution >= 0.6 is 0 Å². The van der Waals surface area contributed by atoms with E-state index in [4.69, 9.17) is 0 Å². The predicted molar refractivity (Wildman–Crippen MR) is 135 cm³/mol. The number of anilines is 5. The number of para-hydroxylation sites is 1. The number of amides is 1. The molecule has 0 saturated carbocycles. The highest BCUT2D eigenvalue weighted by molar-refractivity contribution is 7.92. The summed E-state index contributed by atoms with van der Waals surface area (Å²) >= 11 is 0. The molecule has 9 nitrogen and oxygen atoms in total. The Morgan fingerprint density at radius 1 is 1.11 bits per heavy atom. The van der Waals surface area contributed by atoms with E-state index >= 15 is 0 Å². The molecule has 0 radical (unpaired) electrons. The van der Waals surface area contributed by atoms with Crippen LogP contribution in [0, 0.1) is 0 Å². The fourth-order valence-corrected chi connectivity index (χ4v) is 5.21. The molecule has 37 heavy (non-hydrogen) atoms. The van der Waals surface area contributed by atoms with Crippen molar-refractivity contribution in [3.63, 3.8) is 0 Å². The van der Waals surface area contributed by atoms with Gasteiger partial charge in [-0.1, -0.05) is 24.3 Å². The van der Waals surface area contributed by atoms with Gasteiger partial charge in [0.05, 0.1) is 17.9 Å². The van der Waals surface area contributed by atoms with Crippen molar-refractivity contribution in [3.05, 3.63) is 65.4 Å². The molecule has 1 aromatic heterocycles. The molecule has 0 unspecified atom stereocenters. The largest absolute Gasteiger partial charge is 0.421 e. The molecule has 0 aliphatic carbocycles. The van der Waals surface area contributed by atoms with Crippen LogP contribution in [0.15, 0.2) is 48.7 Å². The first-order valence-corrected chi connectivity index (χ1v) is 13.1. The molecular formula is C24H25F3N6O3S. The zero-order chi connectivity index (χ0) is 26.8. The number of alkyl halides is 3. The van der Waals surface area contributed by atoms with Crippen molar-refractivity contribution >= 4 is 44.8 Å². The highest BCUT2D eigenvalue weighted by Crippen LogP contribution is 2.36. The number of benzene rings is 2. The van der Waals surface area contributed by atoms with Crippen molar-refractivity contribution in [3.8, 4) is 0 Å². The van der Waals surface area contributed by atoms with Gasteiger partial charge in [0.15, 0.2) is 0 Å². The van der Waals surface area contributed by atoms with Crippen molar-refractivity contribution in [1.82, 2.24) is 9.97 Å². The molecule has 3 aromatic rings. The first-order chi connectivity index (χ1) is 17.5. The Hall–Kier alpha value is -3.87. The number of nitrogens with one attached hydrogen (secondary N) is 3. The Kier molecular flexibility index (Phi) is 7.25. The van der Waals surface area contributed by atoms with Crippen LogP contribution in [-0.2, 0) is 34.0 Å². The fourth-order valence-electron chi connectivity index (χ4n) is 4.03.